The molecule has 4 aromatic rings. The monoisotopic (exact) mass is 476 g/mol. The van der Waals surface area contributed by atoms with Crippen LogP contribution >= 0.6 is 0 Å². The molecule has 1 aromatic heterocycles. The van der Waals surface area contributed by atoms with E-state index in [4.69, 9.17) is 9.97 Å². The molecular weight excluding hydrogens is 448 g/mol. The molecule has 0 atom stereocenters. The van der Waals surface area contributed by atoms with Crippen LogP contribution in [0, 0.1) is 0 Å². The lowest BCUT2D eigenvalue weighted by Gasteiger charge is -2.16. The Bertz CT molecular complexity index is 1390. The second kappa shape index (κ2) is 9.66. The van der Waals surface area contributed by atoms with Crippen molar-refractivity contribution < 1.29 is 8.42 Å². The Morgan fingerprint density at radius 1 is 0.794 bits per heavy atom. The maximum absolute atomic E-state index is 12.1. The largest absolute Gasteiger partial charge is 0.378 e. The molecule has 9 heteroatoms. The third-order valence-corrected chi connectivity index (χ3v) is 7.16. The van der Waals surface area contributed by atoms with Crippen LogP contribution in [-0.4, -0.2) is 50.9 Å². The van der Waals surface area contributed by atoms with Crippen molar-refractivity contribution in [2.45, 2.75) is 5.75 Å². The highest BCUT2D eigenvalue weighted by Crippen LogP contribution is 2.29. The van der Waals surface area contributed by atoms with Gasteiger partial charge in [0.1, 0.15) is 5.82 Å². The van der Waals surface area contributed by atoms with Crippen molar-refractivity contribution in [1.82, 2.24) is 14.3 Å². The Morgan fingerprint density at radius 2 is 1.47 bits per heavy atom. The van der Waals surface area contributed by atoms with Crippen LogP contribution in [0.1, 0.15) is 5.56 Å². The summed E-state index contributed by atoms with van der Waals surface area (Å²) in [5.41, 5.74) is 4.25. The Kier molecular flexibility index (Phi) is 6.67. The highest BCUT2D eigenvalue weighted by Gasteiger charge is 2.15. The predicted molar refractivity (Wildman–Crippen MR) is 140 cm³/mol. The molecule has 1 heterocycles. The first-order chi connectivity index (χ1) is 16.2. The number of hydrogen-bond donors (Lipinski definition) is 2. The van der Waals surface area contributed by atoms with Crippen LogP contribution in [0.25, 0.3) is 10.9 Å². The van der Waals surface area contributed by atoms with Gasteiger partial charge in [-0.1, -0.05) is 30.3 Å². The average molecular weight is 477 g/mol. The molecule has 176 valence electrons. The van der Waals surface area contributed by atoms with E-state index >= 15 is 0 Å². The van der Waals surface area contributed by atoms with Crippen molar-refractivity contribution in [2.75, 3.05) is 43.7 Å². The van der Waals surface area contributed by atoms with Crippen molar-refractivity contribution in [3.8, 4) is 0 Å². The van der Waals surface area contributed by atoms with Gasteiger partial charge in [0, 0.05) is 50.6 Å². The zero-order valence-corrected chi connectivity index (χ0v) is 20.5. The first-order valence-electron chi connectivity index (χ1n) is 10.8. The first kappa shape index (κ1) is 23.5. The molecule has 0 saturated heterocycles. The molecule has 0 amide bonds. The number of rotatable bonds is 8. The summed E-state index contributed by atoms with van der Waals surface area (Å²) < 4.78 is 25.5. The molecule has 2 N–H and O–H groups in total. The average Bonchev–Trinajstić information content (AvgIpc) is 2.80. The van der Waals surface area contributed by atoms with E-state index in [1.54, 1.807) is 12.1 Å². The molecule has 0 spiro atoms. The van der Waals surface area contributed by atoms with E-state index in [1.165, 1.54) is 18.4 Å². The molecule has 0 aliphatic rings. The zero-order valence-electron chi connectivity index (χ0n) is 19.6. The number of nitrogens with zero attached hydrogens (tertiary/aromatic N) is 4. The summed E-state index contributed by atoms with van der Waals surface area (Å²) in [4.78, 5) is 11.5. The summed E-state index contributed by atoms with van der Waals surface area (Å²) in [5, 5.41) is 7.55. The van der Waals surface area contributed by atoms with Crippen molar-refractivity contribution >= 4 is 49.8 Å². The molecular formula is C25H28N6O2S. The Labute approximate surface area is 200 Å². The minimum atomic E-state index is -3.32. The number of aromatic nitrogens is 2. The van der Waals surface area contributed by atoms with Gasteiger partial charge in [0.15, 0.2) is 0 Å². The van der Waals surface area contributed by atoms with Gasteiger partial charge in [-0.15, -0.1) is 0 Å². The van der Waals surface area contributed by atoms with Gasteiger partial charge in [0.2, 0.25) is 16.0 Å². The lowest BCUT2D eigenvalue weighted by Crippen LogP contribution is -2.23. The summed E-state index contributed by atoms with van der Waals surface area (Å²) in [7, 11) is 3.74. The van der Waals surface area contributed by atoms with Crippen LogP contribution in [0.5, 0.6) is 0 Å². The highest BCUT2D eigenvalue weighted by atomic mass is 32.2. The number of benzene rings is 3. The van der Waals surface area contributed by atoms with Crippen LogP contribution in [0.15, 0.2) is 72.8 Å². The maximum atomic E-state index is 12.1. The molecule has 0 unspecified atom stereocenters. The van der Waals surface area contributed by atoms with Crippen LogP contribution in [0.3, 0.4) is 0 Å². The van der Waals surface area contributed by atoms with E-state index in [0.29, 0.717) is 17.3 Å². The molecule has 8 nitrogen and oxygen atoms in total. The molecule has 0 bridgehead atoms. The highest BCUT2D eigenvalue weighted by molar-refractivity contribution is 7.88. The molecule has 0 fully saturated rings. The van der Waals surface area contributed by atoms with Gasteiger partial charge >= 0.3 is 0 Å². The third-order valence-electron chi connectivity index (χ3n) is 5.35. The Balaban J connectivity index is 1.65. The minimum absolute atomic E-state index is 0.0495. The van der Waals surface area contributed by atoms with Gasteiger partial charge in [-0.25, -0.2) is 17.7 Å². The summed E-state index contributed by atoms with van der Waals surface area (Å²) >= 11 is 0. The van der Waals surface area contributed by atoms with E-state index in [9.17, 15) is 8.42 Å². The van der Waals surface area contributed by atoms with E-state index in [1.807, 2.05) is 73.6 Å². The normalized spacial score (nSPS) is 11.6. The van der Waals surface area contributed by atoms with Gasteiger partial charge in [-0.05, 0) is 48.0 Å². The number of anilines is 5. The second-order valence-electron chi connectivity index (χ2n) is 8.34. The van der Waals surface area contributed by atoms with Gasteiger partial charge in [0.05, 0.1) is 11.3 Å². The number of fused-ring (bicyclic) bond motifs is 1. The fourth-order valence-corrected chi connectivity index (χ4v) is 4.23. The zero-order chi connectivity index (χ0) is 24.3. The Morgan fingerprint density at radius 3 is 2.12 bits per heavy atom. The summed E-state index contributed by atoms with van der Waals surface area (Å²) in [6, 6.07) is 23.2. The van der Waals surface area contributed by atoms with Gasteiger partial charge < -0.3 is 15.5 Å². The third kappa shape index (κ3) is 5.44. The van der Waals surface area contributed by atoms with E-state index in [-0.39, 0.29) is 5.75 Å². The summed E-state index contributed by atoms with van der Waals surface area (Å²) in [5.74, 6) is 1.08. The molecule has 4 rings (SSSR count). The number of sulfonamides is 1. The number of nitrogens with one attached hydrogen (secondary N) is 2. The van der Waals surface area contributed by atoms with Crippen LogP contribution in [0.2, 0.25) is 0 Å². The predicted octanol–water partition coefficient (Wildman–Crippen LogP) is 4.57. The molecule has 0 saturated carbocycles. The lowest BCUT2D eigenvalue weighted by atomic mass is 10.2. The quantitative estimate of drug-likeness (QED) is 0.385. The van der Waals surface area contributed by atoms with Crippen molar-refractivity contribution in [2.24, 2.45) is 0 Å². The fraction of sp³-hybridized carbons (Fsp3) is 0.200. The summed E-state index contributed by atoms with van der Waals surface area (Å²) in [6.45, 7) is 0. The minimum Gasteiger partial charge on any atom is -0.378 e. The number of para-hydroxylation sites is 1. The van der Waals surface area contributed by atoms with Crippen LogP contribution in [0.4, 0.5) is 28.8 Å². The molecule has 34 heavy (non-hydrogen) atoms. The van der Waals surface area contributed by atoms with E-state index < -0.39 is 10.0 Å². The van der Waals surface area contributed by atoms with Gasteiger partial charge in [-0.2, -0.15) is 4.98 Å². The molecule has 3 aromatic carbocycles. The Hall–Kier alpha value is -3.69. The van der Waals surface area contributed by atoms with Crippen LogP contribution < -0.4 is 15.5 Å². The van der Waals surface area contributed by atoms with Crippen molar-refractivity contribution in [3.05, 3.63) is 78.4 Å². The van der Waals surface area contributed by atoms with Gasteiger partial charge in [0.25, 0.3) is 0 Å². The second-order valence-corrected chi connectivity index (χ2v) is 10.5. The van der Waals surface area contributed by atoms with E-state index in [2.05, 4.69) is 16.7 Å². The smallest absolute Gasteiger partial charge is 0.229 e. The summed E-state index contributed by atoms with van der Waals surface area (Å²) in [6.07, 6.45) is 0. The first-order valence-corrected chi connectivity index (χ1v) is 12.4. The van der Waals surface area contributed by atoms with Crippen LogP contribution in [-0.2, 0) is 15.8 Å². The van der Waals surface area contributed by atoms with Crippen molar-refractivity contribution in [1.29, 1.82) is 0 Å². The SMILES string of the molecule is CN(C)c1ccc2nc(Nc3ccc(CS(=O)(=O)N(C)C)cc3)nc(Nc3ccccc3)c2c1. The van der Waals surface area contributed by atoms with Crippen molar-refractivity contribution in [3.63, 3.8) is 0 Å². The molecule has 0 radical (unpaired) electrons. The lowest BCUT2D eigenvalue weighted by molar-refractivity contribution is 0.520. The maximum Gasteiger partial charge on any atom is 0.229 e. The standard InChI is InChI=1S/C25H28N6O2S/c1-30(2)21-14-15-23-22(16-21)24(26-19-8-6-5-7-9-19)29-25(28-23)27-20-12-10-18(11-13-20)17-34(32,33)31(3)4/h5-16H,17H2,1-4H3,(H2,26,27,28,29). The number of hydrogen-bond acceptors (Lipinski definition) is 7. The van der Waals surface area contributed by atoms with E-state index in [0.717, 1.165) is 28.0 Å². The van der Waals surface area contributed by atoms with Gasteiger partial charge in [-0.3, -0.25) is 0 Å². The fourth-order valence-electron chi connectivity index (χ4n) is 3.36. The molecule has 0 aliphatic carbocycles. The molecule has 0 aliphatic heterocycles. The topological polar surface area (TPSA) is 90.5 Å².